The quantitative estimate of drug-likeness (QED) is 0.668. The number of aromatic nitrogens is 1. The molecule has 0 aliphatic carbocycles. The average molecular weight is 357 g/mol. The summed E-state index contributed by atoms with van der Waals surface area (Å²) in [7, 11) is 0. The van der Waals surface area contributed by atoms with E-state index in [0.29, 0.717) is 29.8 Å². The van der Waals surface area contributed by atoms with Gasteiger partial charge >= 0.3 is 6.03 Å². The van der Waals surface area contributed by atoms with Gasteiger partial charge in [-0.1, -0.05) is 23.5 Å². The number of para-hydroxylation sites is 2. The van der Waals surface area contributed by atoms with E-state index in [2.05, 4.69) is 15.6 Å². The molecule has 0 fully saturated rings. The van der Waals surface area contributed by atoms with Crippen LogP contribution in [-0.2, 0) is 0 Å². The van der Waals surface area contributed by atoms with Gasteiger partial charge in [0.05, 0.1) is 29.1 Å². The lowest BCUT2D eigenvalue weighted by atomic mass is 10.3. The monoisotopic (exact) mass is 357 g/mol. The molecule has 0 radical (unpaired) electrons. The maximum Gasteiger partial charge on any atom is 0.325 e. The van der Waals surface area contributed by atoms with Gasteiger partial charge in [-0.25, -0.2) is 9.78 Å². The summed E-state index contributed by atoms with van der Waals surface area (Å²) in [5.41, 5.74) is 1.43. The fourth-order valence-electron chi connectivity index (χ4n) is 2.32. The number of rotatable bonds is 6. The fraction of sp³-hybridized carbons (Fsp3) is 0.222. The van der Waals surface area contributed by atoms with Crippen LogP contribution in [0.4, 0.5) is 15.6 Å². The second-order valence-electron chi connectivity index (χ2n) is 5.09. The molecule has 3 aromatic rings. The minimum atomic E-state index is -0.365. The van der Waals surface area contributed by atoms with Crippen LogP contribution in [0, 0.1) is 0 Å². The Hall–Kier alpha value is -2.80. The Balaban J connectivity index is 1.71. The van der Waals surface area contributed by atoms with E-state index in [0.717, 1.165) is 16.0 Å². The number of hydrogen-bond acceptors (Lipinski definition) is 5. The number of ether oxygens (including phenoxy) is 2. The van der Waals surface area contributed by atoms with Gasteiger partial charge in [-0.15, -0.1) is 0 Å². The molecule has 2 N–H and O–H groups in total. The van der Waals surface area contributed by atoms with E-state index in [1.807, 2.05) is 50.2 Å². The first-order chi connectivity index (χ1) is 12.2. The van der Waals surface area contributed by atoms with Crippen molar-refractivity contribution in [1.29, 1.82) is 0 Å². The van der Waals surface area contributed by atoms with Crippen LogP contribution in [0.2, 0.25) is 0 Å². The zero-order chi connectivity index (χ0) is 17.6. The molecule has 3 rings (SSSR count). The van der Waals surface area contributed by atoms with Crippen molar-refractivity contribution in [3.63, 3.8) is 0 Å². The highest BCUT2D eigenvalue weighted by molar-refractivity contribution is 7.22. The molecule has 6 nitrogen and oxygen atoms in total. The number of anilines is 2. The van der Waals surface area contributed by atoms with E-state index in [9.17, 15) is 4.79 Å². The third-order valence-electron chi connectivity index (χ3n) is 3.33. The summed E-state index contributed by atoms with van der Waals surface area (Å²) in [4.78, 5) is 16.7. The highest BCUT2D eigenvalue weighted by Gasteiger charge is 2.11. The Kier molecular flexibility index (Phi) is 5.35. The second-order valence-corrected chi connectivity index (χ2v) is 6.12. The molecule has 2 aromatic carbocycles. The highest BCUT2D eigenvalue weighted by Crippen LogP contribution is 2.30. The van der Waals surface area contributed by atoms with Crippen LogP contribution in [0.15, 0.2) is 42.5 Å². The smallest absolute Gasteiger partial charge is 0.325 e. The van der Waals surface area contributed by atoms with Crippen molar-refractivity contribution in [2.45, 2.75) is 13.8 Å². The topological polar surface area (TPSA) is 72.5 Å². The Morgan fingerprint density at radius 3 is 2.68 bits per heavy atom. The predicted octanol–water partition coefficient (Wildman–Crippen LogP) is 4.74. The lowest BCUT2D eigenvalue weighted by Crippen LogP contribution is -2.19. The lowest BCUT2D eigenvalue weighted by molar-refractivity contribution is 0.262. The number of benzene rings is 2. The third-order valence-corrected chi connectivity index (χ3v) is 4.26. The number of amides is 2. The molecule has 130 valence electrons. The molecule has 0 bridgehead atoms. The molecule has 7 heteroatoms. The SMILES string of the molecule is CCOc1ccc2nc(NC(=O)Nc3ccccc3OCC)sc2c1. The average Bonchev–Trinajstić information content (AvgIpc) is 2.98. The predicted molar refractivity (Wildman–Crippen MR) is 101 cm³/mol. The molecule has 0 aliphatic heterocycles. The van der Waals surface area contributed by atoms with E-state index in [1.54, 1.807) is 6.07 Å². The van der Waals surface area contributed by atoms with Gasteiger partial charge in [0.15, 0.2) is 5.13 Å². The van der Waals surface area contributed by atoms with Gasteiger partial charge in [0, 0.05) is 0 Å². The van der Waals surface area contributed by atoms with Crippen molar-refractivity contribution in [3.8, 4) is 11.5 Å². The maximum absolute atomic E-state index is 12.2. The fourth-order valence-corrected chi connectivity index (χ4v) is 3.21. The van der Waals surface area contributed by atoms with Gasteiger partial charge in [-0.2, -0.15) is 0 Å². The van der Waals surface area contributed by atoms with Gasteiger partial charge in [-0.3, -0.25) is 5.32 Å². The Morgan fingerprint density at radius 1 is 1.08 bits per heavy atom. The first-order valence-electron chi connectivity index (χ1n) is 8.02. The van der Waals surface area contributed by atoms with Crippen LogP contribution < -0.4 is 20.1 Å². The maximum atomic E-state index is 12.2. The van der Waals surface area contributed by atoms with Crippen molar-refractivity contribution >= 4 is 38.4 Å². The first-order valence-corrected chi connectivity index (χ1v) is 8.84. The van der Waals surface area contributed by atoms with Crippen molar-refractivity contribution in [2.75, 3.05) is 23.8 Å². The number of carbonyl (C=O) groups is 1. The summed E-state index contributed by atoms with van der Waals surface area (Å²) in [6.07, 6.45) is 0. The molecule has 0 saturated heterocycles. The number of urea groups is 1. The minimum absolute atomic E-state index is 0.365. The summed E-state index contributed by atoms with van der Waals surface area (Å²) >= 11 is 1.40. The normalized spacial score (nSPS) is 10.5. The van der Waals surface area contributed by atoms with Gasteiger partial charge in [-0.05, 0) is 44.2 Å². The van der Waals surface area contributed by atoms with Crippen LogP contribution >= 0.6 is 11.3 Å². The van der Waals surface area contributed by atoms with E-state index >= 15 is 0 Å². The molecule has 25 heavy (non-hydrogen) atoms. The molecule has 0 spiro atoms. The Labute approximate surface area is 149 Å². The van der Waals surface area contributed by atoms with Crippen LogP contribution in [0.1, 0.15) is 13.8 Å². The van der Waals surface area contributed by atoms with Crippen molar-refractivity contribution in [2.24, 2.45) is 0 Å². The minimum Gasteiger partial charge on any atom is -0.494 e. The largest absolute Gasteiger partial charge is 0.494 e. The van der Waals surface area contributed by atoms with Crippen molar-refractivity contribution < 1.29 is 14.3 Å². The molecule has 0 aliphatic rings. The first kappa shape index (κ1) is 17.0. The number of fused-ring (bicyclic) bond motifs is 1. The van der Waals surface area contributed by atoms with Gasteiger partial charge in [0.1, 0.15) is 11.5 Å². The van der Waals surface area contributed by atoms with Gasteiger partial charge < -0.3 is 14.8 Å². The Morgan fingerprint density at radius 2 is 1.88 bits per heavy atom. The Bertz CT molecular complexity index is 879. The van der Waals surface area contributed by atoms with E-state index in [-0.39, 0.29) is 6.03 Å². The molecule has 2 amide bonds. The zero-order valence-corrected chi connectivity index (χ0v) is 14.9. The third kappa shape index (κ3) is 4.19. The van der Waals surface area contributed by atoms with Crippen LogP contribution in [0.3, 0.4) is 0 Å². The standard InChI is InChI=1S/C18H19N3O3S/c1-3-23-12-9-10-14-16(11-12)25-18(20-14)21-17(22)19-13-7-5-6-8-15(13)24-4-2/h5-11H,3-4H2,1-2H3,(H2,19,20,21,22). The number of carbonyl (C=O) groups excluding carboxylic acids is 1. The lowest BCUT2D eigenvalue weighted by Gasteiger charge is -2.11. The summed E-state index contributed by atoms with van der Waals surface area (Å²) in [5.74, 6) is 1.42. The van der Waals surface area contributed by atoms with Crippen molar-refractivity contribution in [3.05, 3.63) is 42.5 Å². The van der Waals surface area contributed by atoms with Crippen molar-refractivity contribution in [1.82, 2.24) is 4.98 Å². The zero-order valence-electron chi connectivity index (χ0n) is 14.0. The number of nitrogens with one attached hydrogen (secondary N) is 2. The molecule has 1 aromatic heterocycles. The molecule has 0 atom stereocenters. The van der Waals surface area contributed by atoms with E-state index in [4.69, 9.17) is 9.47 Å². The summed E-state index contributed by atoms with van der Waals surface area (Å²) < 4.78 is 11.9. The van der Waals surface area contributed by atoms with Gasteiger partial charge in [0.25, 0.3) is 0 Å². The van der Waals surface area contributed by atoms with E-state index in [1.165, 1.54) is 11.3 Å². The second kappa shape index (κ2) is 7.85. The molecule has 0 unspecified atom stereocenters. The molecular formula is C18H19N3O3S. The summed E-state index contributed by atoms with van der Waals surface area (Å²) in [6.45, 7) is 4.97. The number of hydrogen-bond donors (Lipinski definition) is 2. The summed E-state index contributed by atoms with van der Waals surface area (Å²) in [5, 5.41) is 6.07. The summed E-state index contributed by atoms with van der Waals surface area (Å²) in [6, 6.07) is 12.6. The molecule has 1 heterocycles. The molecular weight excluding hydrogens is 338 g/mol. The molecule has 0 saturated carbocycles. The van der Waals surface area contributed by atoms with Gasteiger partial charge in [0.2, 0.25) is 0 Å². The highest BCUT2D eigenvalue weighted by atomic mass is 32.1. The van der Waals surface area contributed by atoms with Crippen LogP contribution in [-0.4, -0.2) is 24.2 Å². The van der Waals surface area contributed by atoms with E-state index < -0.39 is 0 Å². The number of thiazole rings is 1. The van der Waals surface area contributed by atoms with Crippen LogP contribution in [0.25, 0.3) is 10.2 Å². The van der Waals surface area contributed by atoms with Crippen LogP contribution in [0.5, 0.6) is 11.5 Å². The number of nitrogens with zero attached hydrogens (tertiary/aromatic N) is 1.